The van der Waals surface area contributed by atoms with Gasteiger partial charge in [-0.3, -0.25) is 0 Å². The molecule has 3 N–H and O–H groups in total. The highest BCUT2D eigenvalue weighted by atomic mass is 79.9. The summed E-state index contributed by atoms with van der Waals surface area (Å²) in [7, 11) is 0. The number of rotatable bonds is 2. The van der Waals surface area contributed by atoms with Crippen molar-refractivity contribution < 1.29 is 0 Å². The van der Waals surface area contributed by atoms with Crippen molar-refractivity contribution in [1.82, 2.24) is 9.97 Å². The van der Waals surface area contributed by atoms with E-state index in [1.165, 1.54) is 0 Å². The maximum absolute atomic E-state index is 5.26. The Morgan fingerprint density at radius 3 is 3.00 bits per heavy atom. The van der Waals surface area contributed by atoms with Gasteiger partial charge in [-0.15, -0.1) is 11.3 Å². The molecule has 0 aliphatic carbocycles. The first-order valence-corrected chi connectivity index (χ1v) is 5.51. The number of hydrazine groups is 1. The minimum atomic E-state index is 0.611. The fourth-order valence-corrected chi connectivity index (χ4v) is 2.36. The van der Waals surface area contributed by atoms with Gasteiger partial charge in [-0.2, -0.15) is 0 Å². The molecule has 2 rings (SSSR count). The molecule has 0 saturated heterocycles. The third kappa shape index (κ3) is 1.92. The fraction of sp³-hybridized carbons (Fsp3) is 0. The monoisotopic (exact) mass is 270 g/mol. The first-order chi connectivity index (χ1) is 6.79. The lowest BCUT2D eigenvalue weighted by atomic mass is 10.4. The molecule has 2 aromatic heterocycles. The Kier molecular flexibility index (Phi) is 2.76. The molecule has 72 valence electrons. The van der Waals surface area contributed by atoms with E-state index in [0.29, 0.717) is 11.6 Å². The SMILES string of the molecule is NNc1ccnc(-c2cc(Br)cs2)n1. The lowest BCUT2D eigenvalue weighted by molar-refractivity contribution is 1.15. The average Bonchev–Trinajstić information content (AvgIpc) is 2.65. The highest BCUT2D eigenvalue weighted by Gasteiger charge is 2.04. The fourth-order valence-electron chi connectivity index (χ4n) is 0.988. The van der Waals surface area contributed by atoms with E-state index in [1.807, 2.05) is 11.4 Å². The minimum Gasteiger partial charge on any atom is -0.308 e. The molecule has 0 aliphatic heterocycles. The quantitative estimate of drug-likeness (QED) is 0.649. The number of aromatic nitrogens is 2. The zero-order valence-electron chi connectivity index (χ0n) is 7.07. The summed E-state index contributed by atoms with van der Waals surface area (Å²) in [5.74, 6) is 6.54. The predicted molar refractivity (Wildman–Crippen MR) is 60.9 cm³/mol. The van der Waals surface area contributed by atoms with Crippen molar-refractivity contribution in [3.63, 3.8) is 0 Å². The second-order valence-electron chi connectivity index (χ2n) is 2.54. The van der Waals surface area contributed by atoms with Crippen LogP contribution >= 0.6 is 27.3 Å². The van der Waals surface area contributed by atoms with E-state index in [2.05, 4.69) is 31.3 Å². The summed E-state index contributed by atoms with van der Waals surface area (Å²) in [6.45, 7) is 0. The summed E-state index contributed by atoms with van der Waals surface area (Å²) in [6.07, 6.45) is 1.67. The normalized spacial score (nSPS) is 10.1. The molecule has 6 heteroatoms. The number of halogens is 1. The van der Waals surface area contributed by atoms with Gasteiger partial charge in [0.05, 0.1) is 4.88 Å². The van der Waals surface area contributed by atoms with Gasteiger partial charge in [-0.25, -0.2) is 15.8 Å². The summed E-state index contributed by atoms with van der Waals surface area (Å²) in [4.78, 5) is 9.38. The van der Waals surface area contributed by atoms with Crippen LogP contribution in [0, 0.1) is 0 Å². The topological polar surface area (TPSA) is 63.8 Å². The smallest absolute Gasteiger partial charge is 0.171 e. The summed E-state index contributed by atoms with van der Waals surface area (Å²) in [6, 6.07) is 3.69. The number of hydrogen-bond acceptors (Lipinski definition) is 5. The van der Waals surface area contributed by atoms with E-state index < -0.39 is 0 Å². The van der Waals surface area contributed by atoms with Crippen molar-refractivity contribution in [1.29, 1.82) is 0 Å². The van der Waals surface area contributed by atoms with E-state index in [-0.39, 0.29) is 0 Å². The predicted octanol–water partition coefficient (Wildman–Crippen LogP) is 2.25. The van der Waals surface area contributed by atoms with Gasteiger partial charge in [0.25, 0.3) is 0 Å². The third-order valence-corrected chi connectivity index (χ3v) is 3.28. The number of anilines is 1. The van der Waals surface area contributed by atoms with Crippen LogP contribution in [0.5, 0.6) is 0 Å². The van der Waals surface area contributed by atoms with Crippen LogP contribution in [0.2, 0.25) is 0 Å². The van der Waals surface area contributed by atoms with E-state index in [9.17, 15) is 0 Å². The molecule has 0 fully saturated rings. The van der Waals surface area contributed by atoms with Crippen LogP contribution in [0.1, 0.15) is 0 Å². The molecule has 0 saturated carbocycles. The van der Waals surface area contributed by atoms with Crippen molar-refractivity contribution in [2.45, 2.75) is 0 Å². The Bertz CT molecular complexity index is 442. The number of hydrogen-bond donors (Lipinski definition) is 2. The molecule has 2 aromatic rings. The van der Waals surface area contributed by atoms with Crippen molar-refractivity contribution in [2.24, 2.45) is 5.84 Å². The second kappa shape index (κ2) is 4.04. The lowest BCUT2D eigenvalue weighted by Gasteiger charge is -1.99. The number of nitrogens with two attached hydrogens (primary N) is 1. The molecule has 2 heterocycles. The Labute approximate surface area is 93.3 Å². The van der Waals surface area contributed by atoms with Crippen LogP contribution < -0.4 is 11.3 Å². The Hall–Kier alpha value is -0.980. The van der Waals surface area contributed by atoms with Gasteiger partial charge in [-0.05, 0) is 22.0 Å². The zero-order valence-corrected chi connectivity index (χ0v) is 9.47. The van der Waals surface area contributed by atoms with Crippen molar-refractivity contribution in [3.05, 3.63) is 28.2 Å². The largest absolute Gasteiger partial charge is 0.308 e. The molecule has 0 spiro atoms. The van der Waals surface area contributed by atoms with E-state index in [0.717, 1.165) is 9.35 Å². The van der Waals surface area contributed by atoms with Crippen LogP contribution in [-0.4, -0.2) is 9.97 Å². The first-order valence-electron chi connectivity index (χ1n) is 3.83. The maximum Gasteiger partial charge on any atom is 0.171 e. The average molecular weight is 271 g/mol. The Morgan fingerprint density at radius 2 is 2.36 bits per heavy atom. The third-order valence-electron chi connectivity index (χ3n) is 1.59. The highest BCUT2D eigenvalue weighted by molar-refractivity contribution is 9.10. The van der Waals surface area contributed by atoms with E-state index >= 15 is 0 Å². The molecule has 0 amide bonds. The van der Waals surface area contributed by atoms with Crippen molar-refractivity contribution in [3.8, 4) is 10.7 Å². The first kappa shape index (κ1) is 9.57. The molecule has 0 unspecified atom stereocenters. The van der Waals surface area contributed by atoms with Crippen molar-refractivity contribution in [2.75, 3.05) is 5.43 Å². The highest BCUT2D eigenvalue weighted by Crippen LogP contribution is 2.27. The van der Waals surface area contributed by atoms with Crippen LogP contribution in [0.15, 0.2) is 28.2 Å². The standard InChI is InChI=1S/C8H7BrN4S/c9-5-3-6(14-4-5)8-11-2-1-7(12-8)13-10/h1-4H,10H2,(H,11,12,13). The van der Waals surface area contributed by atoms with Gasteiger partial charge in [0.15, 0.2) is 5.82 Å². The van der Waals surface area contributed by atoms with E-state index in [4.69, 9.17) is 5.84 Å². The summed E-state index contributed by atoms with van der Waals surface area (Å²) < 4.78 is 1.03. The van der Waals surface area contributed by atoms with Crippen LogP contribution in [0.3, 0.4) is 0 Å². The zero-order chi connectivity index (χ0) is 9.97. The Morgan fingerprint density at radius 1 is 1.50 bits per heavy atom. The molecule has 0 aliphatic rings. The summed E-state index contributed by atoms with van der Waals surface area (Å²) in [5.41, 5.74) is 2.49. The van der Waals surface area contributed by atoms with E-state index in [1.54, 1.807) is 23.6 Å². The van der Waals surface area contributed by atoms with Crippen LogP contribution in [-0.2, 0) is 0 Å². The summed E-state index contributed by atoms with van der Waals surface area (Å²) >= 11 is 4.96. The Balaban J connectivity index is 2.41. The second-order valence-corrected chi connectivity index (χ2v) is 4.37. The molecule has 0 bridgehead atoms. The van der Waals surface area contributed by atoms with Crippen LogP contribution in [0.4, 0.5) is 5.82 Å². The maximum atomic E-state index is 5.26. The lowest BCUT2D eigenvalue weighted by Crippen LogP contribution is -2.08. The molecular weight excluding hydrogens is 264 g/mol. The van der Waals surface area contributed by atoms with Crippen molar-refractivity contribution >= 4 is 33.1 Å². The number of nitrogens with one attached hydrogen (secondary N) is 1. The van der Waals surface area contributed by atoms with Gasteiger partial charge >= 0.3 is 0 Å². The summed E-state index contributed by atoms with van der Waals surface area (Å²) in [5, 5.41) is 1.99. The molecule has 14 heavy (non-hydrogen) atoms. The molecule has 0 aromatic carbocycles. The van der Waals surface area contributed by atoms with Gasteiger partial charge in [0, 0.05) is 22.1 Å². The minimum absolute atomic E-state index is 0.611. The molecule has 4 nitrogen and oxygen atoms in total. The van der Waals surface area contributed by atoms with Gasteiger partial charge < -0.3 is 5.43 Å². The molecular formula is C8H7BrN4S. The number of thiophene rings is 1. The van der Waals surface area contributed by atoms with Gasteiger partial charge in [0.1, 0.15) is 5.82 Å². The number of nitrogen functional groups attached to an aromatic ring is 1. The van der Waals surface area contributed by atoms with Gasteiger partial charge in [0.2, 0.25) is 0 Å². The molecule has 0 atom stereocenters. The molecule has 0 radical (unpaired) electrons. The number of nitrogens with zero attached hydrogens (tertiary/aromatic N) is 2. The van der Waals surface area contributed by atoms with Crippen LogP contribution in [0.25, 0.3) is 10.7 Å². The van der Waals surface area contributed by atoms with Gasteiger partial charge in [-0.1, -0.05) is 0 Å².